The number of imidazole rings is 2. The quantitative estimate of drug-likeness (QED) is 0.0800. The second kappa shape index (κ2) is 25.7. The number of anilines is 2. The first kappa shape index (κ1) is 58.5. The molecule has 0 saturated carbocycles. The lowest BCUT2D eigenvalue weighted by atomic mass is 10.0. The van der Waals surface area contributed by atoms with Gasteiger partial charge in [-0.25, -0.2) is 28.3 Å². The van der Waals surface area contributed by atoms with Crippen molar-refractivity contribution in [3.8, 4) is 11.8 Å². The smallest absolute Gasteiger partial charge is 0.337 e. The van der Waals surface area contributed by atoms with Crippen molar-refractivity contribution in [2.75, 3.05) is 82.7 Å². The number of methoxy groups -OCH3 is 1. The largest absolute Gasteiger partial charge is 0.478 e. The number of aromatic carboxylic acids is 1. The van der Waals surface area contributed by atoms with E-state index in [1.807, 2.05) is 36.4 Å². The zero-order chi connectivity index (χ0) is 59.7. The average Bonchev–Trinajstić information content (AvgIpc) is 4.23. The number of hydrogen-bond acceptors (Lipinski definition) is 17. The number of esters is 1. The Bertz CT molecular complexity index is 3830. The number of carboxylic acids is 1. The van der Waals surface area contributed by atoms with Crippen molar-refractivity contribution >= 4 is 68.8 Å². The standard InChI is InChI=1S/C32H33ClFN5O5.C31H31ClFN5O5/c1-41-32(40)20-6-8-25-26(13-20)39(15-23-9-12-43-23)30(35-25)16-37-10-11-38(28-19-42-18-27(28)37)29-3-2-4-31(36-29)44-17-21-5-7-22(33)14-24(21)34;32-21-6-4-20(23(33)13-21)16-43-30-3-1-2-28(35-30)37-10-9-36(26-17-41-18-27(26)37)15-29-34-24-7-5-19(31(39)40)12-25(24)38(29)14-22-8-11-42-22/h2-8,13-14,23,27-28H,9-12,15-19H2,1H3;1-7,12-13,22,26-27H,8-11,14-18H2,(H,39,40)/t23-,27+,28-;22-,26+,27-/m00/s1. The molecule has 0 spiro atoms. The van der Waals surface area contributed by atoms with Crippen molar-refractivity contribution in [3.05, 3.63) is 165 Å². The normalized spacial score (nSPS) is 21.9. The van der Waals surface area contributed by atoms with Gasteiger partial charge in [0, 0.05) is 72.7 Å². The van der Waals surface area contributed by atoms with Gasteiger partial charge in [0.1, 0.15) is 48.1 Å². The molecule has 10 heterocycles. The van der Waals surface area contributed by atoms with Gasteiger partial charge < -0.3 is 57.2 Å². The number of fused-ring (bicyclic) bond motifs is 4. The fraction of sp³-hybridized carbons (Fsp3) is 0.397. The number of carbonyl (C=O) groups excluding carboxylic acids is 1. The van der Waals surface area contributed by atoms with Crippen LogP contribution in [0.4, 0.5) is 20.4 Å². The zero-order valence-electron chi connectivity index (χ0n) is 47.7. The van der Waals surface area contributed by atoms with Gasteiger partial charge in [0.05, 0.1) is 129 Å². The number of aromatic nitrogens is 6. The van der Waals surface area contributed by atoms with Crippen LogP contribution in [0.5, 0.6) is 11.8 Å². The van der Waals surface area contributed by atoms with E-state index in [4.69, 9.17) is 76.3 Å². The molecule has 454 valence electrons. The summed E-state index contributed by atoms with van der Waals surface area (Å²) in [6.07, 6.45) is 2.20. The lowest BCUT2D eigenvalue weighted by Gasteiger charge is -2.44. The Balaban J connectivity index is 0.000000161. The first-order valence-corrected chi connectivity index (χ1v) is 29.9. The molecule has 0 unspecified atom stereocenters. The third-order valence-electron chi connectivity index (χ3n) is 17.2. The molecule has 6 atom stereocenters. The molecule has 6 aliphatic heterocycles. The highest BCUT2D eigenvalue weighted by Gasteiger charge is 2.44. The van der Waals surface area contributed by atoms with Crippen LogP contribution in [0.2, 0.25) is 10.0 Å². The number of benzene rings is 4. The van der Waals surface area contributed by atoms with Gasteiger partial charge in [0.25, 0.3) is 0 Å². The first-order chi connectivity index (χ1) is 42.4. The van der Waals surface area contributed by atoms with Gasteiger partial charge in [0.15, 0.2) is 0 Å². The Morgan fingerprint density at radius 1 is 0.586 bits per heavy atom. The summed E-state index contributed by atoms with van der Waals surface area (Å²) >= 11 is 11.7. The van der Waals surface area contributed by atoms with Crippen molar-refractivity contribution in [1.29, 1.82) is 0 Å². The molecule has 6 aliphatic rings. The van der Waals surface area contributed by atoms with Crippen LogP contribution in [-0.2, 0) is 63.1 Å². The minimum absolute atomic E-state index is 0.0449. The molecule has 0 bridgehead atoms. The van der Waals surface area contributed by atoms with E-state index < -0.39 is 17.6 Å². The summed E-state index contributed by atoms with van der Waals surface area (Å²) in [5, 5.41) is 10.3. The molecular weight excluding hydrogens is 1170 g/mol. The fourth-order valence-electron chi connectivity index (χ4n) is 12.3. The van der Waals surface area contributed by atoms with Gasteiger partial charge in [-0.15, -0.1) is 0 Å². The third kappa shape index (κ3) is 12.6. The SMILES string of the molecule is COC(=O)c1ccc2nc(CN3CCN(c4cccc(OCc5ccc(Cl)cc5F)n4)[C@H]4COC[C@H]43)n(C[C@@H]3CCO3)c2c1.O=C(O)c1ccc2nc(CN3CCN(c4cccc(OCc5ccc(Cl)cc5F)n4)[C@H]4COC[C@H]43)n(C[C@@H]3CCO3)c2c1. The number of nitrogens with zero attached hydrogens (tertiary/aromatic N) is 10. The predicted molar refractivity (Wildman–Crippen MR) is 319 cm³/mol. The molecule has 6 fully saturated rings. The van der Waals surface area contributed by atoms with Crippen LogP contribution in [0.3, 0.4) is 0 Å². The number of carbonyl (C=O) groups is 2. The number of piperazine rings is 2. The summed E-state index contributed by atoms with van der Waals surface area (Å²) in [4.78, 5) is 52.7. The van der Waals surface area contributed by atoms with E-state index in [1.165, 1.54) is 19.2 Å². The van der Waals surface area contributed by atoms with Crippen LogP contribution < -0.4 is 19.3 Å². The fourth-order valence-corrected chi connectivity index (χ4v) is 12.6. The minimum atomic E-state index is -0.960. The maximum absolute atomic E-state index is 14.3. The molecule has 20 nitrogen and oxygen atoms in total. The second-order valence-corrected chi connectivity index (χ2v) is 23.3. The second-order valence-electron chi connectivity index (χ2n) is 22.4. The average molecular weight is 1230 g/mol. The molecule has 0 aliphatic carbocycles. The molecule has 8 aromatic rings. The Morgan fingerprint density at radius 3 is 1.48 bits per heavy atom. The van der Waals surface area contributed by atoms with Gasteiger partial charge >= 0.3 is 11.9 Å². The zero-order valence-corrected chi connectivity index (χ0v) is 49.2. The van der Waals surface area contributed by atoms with Gasteiger partial charge in [-0.2, -0.15) is 9.97 Å². The van der Waals surface area contributed by atoms with E-state index in [0.717, 1.165) is 97.6 Å². The number of ether oxygens (including phenoxy) is 7. The molecule has 0 amide bonds. The number of carboxylic acid groups (broad SMARTS) is 1. The summed E-state index contributed by atoms with van der Waals surface area (Å²) in [5.74, 6) is 2.07. The maximum Gasteiger partial charge on any atom is 0.337 e. The Morgan fingerprint density at radius 2 is 1.05 bits per heavy atom. The number of halogens is 4. The summed E-state index contributed by atoms with van der Waals surface area (Å²) in [5.41, 5.74) is 4.88. The van der Waals surface area contributed by atoms with Crippen molar-refractivity contribution in [1.82, 2.24) is 38.9 Å². The monoisotopic (exact) mass is 1230 g/mol. The van der Waals surface area contributed by atoms with Gasteiger partial charge in [-0.05, 0) is 85.6 Å². The molecule has 1 N–H and O–H groups in total. The molecular formula is C63H64Cl2F2N10O10. The Hall–Kier alpha value is -7.54. The highest BCUT2D eigenvalue weighted by Crippen LogP contribution is 2.34. The summed E-state index contributed by atoms with van der Waals surface area (Å²) in [7, 11) is 1.39. The minimum Gasteiger partial charge on any atom is -0.478 e. The third-order valence-corrected chi connectivity index (χ3v) is 17.7. The van der Waals surface area contributed by atoms with Gasteiger partial charge in [-0.3, -0.25) is 9.80 Å². The van der Waals surface area contributed by atoms with Crippen LogP contribution in [-0.4, -0.2) is 165 Å². The van der Waals surface area contributed by atoms with E-state index in [1.54, 1.807) is 60.7 Å². The molecule has 4 aromatic carbocycles. The van der Waals surface area contributed by atoms with Crippen molar-refractivity contribution in [2.45, 2.75) is 88.6 Å². The number of hydrogen-bond donors (Lipinski definition) is 1. The number of pyridine rings is 2. The maximum atomic E-state index is 14.3. The van der Waals surface area contributed by atoms with Crippen LogP contribution in [0, 0.1) is 11.6 Å². The predicted octanol–water partition coefficient (Wildman–Crippen LogP) is 8.85. The Labute approximate surface area is 510 Å². The molecule has 24 heteroatoms. The molecule has 14 rings (SSSR count). The highest BCUT2D eigenvalue weighted by molar-refractivity contribution is 6.30. The summed E-state index contributed by atoms with van der Waals surface area (Å²) in [6.45, 7) is 9.50. The topological polar surface area (TPSA) is 193 Å². The molecule has 4 aromatic heterocycles. The van der Waals surface area contributed by atoms with Crippen LogP contribution in [0.15, 0.2) is 109 Å². The Kier molecular flexibility index (Phi) is 17.2. The lowest BCUT2D eigenvalue weighted by Crippen LogP contribution is -2.59. The van der Waals surface area contributed by atoms with E-state index in [0.29, 0.717) is 91.1 Å². The van der Waals surface area contributed by atoms with Crippen molar-refractivity contribution < 1.29 is 56.6 Å². The van der Waals surface area contributed by atoms with Gasteiger partial charge in [-0.1, -0.05) is 47.5 Å². The molecule has 0 radical (unpaired) electrons. The van der Waals surface area contributed by atoms with E-state index in [2.05, 4.69) is 28.7 Å². The summed E-state index contributed by atoms with van der Waals surface area (Å²) < 4.78 is 73.0. The van der Waals surface area contributed by atoms with Crippen LogP contribution in [0.25, 0.3) is 22.1 Å². The summed E-state index contributed by atoms with van der Waals surface area (Å²) in [6, 6.07) is 31.3. The first-order valence-electron chi connectivity index (χ1n) is 29.2. The molecule has 6 saturated heterocycles. The number of rotatable bonds is 18. The molecule has 87 heavy (non-hydrogen) atoms. The highest BCUT2D eigenvalue weighted by atomic mass is 35.5. The van der Waals surface area contributed by atoms with Crippen molar-refractivity contribution in [2.24, 2.45) is 0 Å². The van der Waals surface area contributed by atoms with Crippen LogP contribution >= 0.6 is 23.2 Å². The van der Waals surface area contributed by atoms with E-state index in [-0.39, 0.29) is 61.1 Å². The van der Waals surface area contributed by atoms with E-state index in [9.17, 15) is 23.5 Å². The van der Waals surface area contributed by atoms with E-state index >= 15 is 0 Å². The van der Waals surface area contributed by atoms with Crippen LogP contribution in [0.1, 0.15) is 56.3 Å². The lowest BCUT2D eigenvalue weighted by molar-refractivity contribution is -0.0594. The van der Waals surface area contributed by atoms with Gasteiger partial charge in [0.2, 0.25) is 11.8 Å². The van der Waals surface area contributed by atoms with Crippen molar-refractivity contribution in [3.63, 3.8) is 0 Å².